The lowest BCUT2D eigenvalue weighted by molar-refractivity contribution is -0.136. The monoisotopic (exact) mass is 320 g/mol. The molecule has 0 fully saturated rings. The SMILES string of the molecule is Cc1ccc(NC(=O)C(=O)NC[C@@](C)(O)c2ccco2)cc1F. The van der Waals surface area contributed by atoms with Crippen molar-refractivity contribution in [1.29, 1.82) is 0 Å². The molecule has 0 saturated heterocycles. The molecule has 0 radical (unpaired) electrons. The summed E-state index contributed by atoms with van der Waals surface area (Å²) in [5.41, 5.74) is -0.844. The first-order chi connectivity index (χ1) is 10.8. The zero-order chi connectivity index (χ0) is 17.0. The maximum Gasteiger partial charge on any atom is 0.313 e. The molecule has 0 spiro atoms. The van der Waals surface area contributed by atoms with Crippen molar-refractivity contribution >= 4 is 17.5 Å². The molecule has 2 aromatic rings. The lowest BCUT2D eigenvalue weighted by Gasteiger charge is -2.20. The summed E-state index contributed by atoms with van der Waals surface area (Å²) in [6.07, 6.45) is 1.39. The van der Waals surface area contributed by atoms with Crippen LogP contribution < -0.4 is 10.6 Å². The fourth-order valence-corrected chi connectivity index (χ4v) is 1.86. The van der Waals surface area contributed by atoms with Gasteiger partial charge in [0.1, 0.15) is 17.2 Å². The molecule has 1 atom stereocenters. The van der Waals surface area contributed by atoms with Crippen LogP contribution in [0.1, 0.15) is 18.2 Å². The normalized spacial score (nSPS) is 13.2. The minimum absolute atomic E-state index is 0.172. The number of nitrogens with one attached hydrogen (secondary N) is 2. The Hall–Kier alpha value is -2.67. The number of benzene rings is 1. The quantitative estimate of drug-likeness (QED) is 0.748. The predicted octanol–water partition coefficient (Wildman–Crippen LogP) is 1.69. The van der Waals surface area contributed by atoms with Crippen molar-refractivity contribution in [2.75, 3.05) is 11.9 Å². The van der Waals surface area contributed by atoms with Crippen LogP contribution in [-0.4, -0.2) is 23.5 Å². The van der Waals surface area contributed by atoms with E-state index >= 15 is 0 Å². The van der Waals surface area contributed by atoms with Gasteiger partial charge in [-0.2, -0.15) is 0 Å². The van der Waals surface area contributed by atoms with E-state index in [1.54, 1.807) is 19.1 Å². The Morgan fingerprint density at radius 3 is 2.65 bits per heavy atom. The molecule has 1 aromatic carbocycles. The van der Waals surface area contributed by atoms with Crippen LogP contribution in [0.5, 0.6) is 0 Å². The van der Waals surface area contributed by atoms with E-state index in [-0.39, 0.29) is 18.0 Å². The van der Waals surface area contributed by atoms with Gasteiger partial charge in [-0.15, -0.1) is 0 Å². The van der Waals surface area contributed by atoms with Crippen molar-refractivity contribution in [2.45, 2.75) is 19.4 Å². The highest BCUT2D eigenvalue weighted by Gasteiger charge is 2.28. The smallest absolute Gasteiger partial charge is 0.313 e. The van der Waals surface area contributed by atoms with Crippen LogP contribution >= 0.6 is 0 Å². The fourth-order valence-electron chi connectivity index (χ4n) is 1.86. The third-order valence-electron chi connectivity index (χ3n) is 3.28. The molecule has 2 amide bonds. The van der Waals surface area contributed by atoms with Crippen LogP contribution in [0.15, 0.2) is 41.0 Å². The molecule has 6 nitrogen and oxygen atoms in total. The largest absolute Gasteiger partial charge is 0.466 e. The van der Waals surface area contributed by atoms with Crippen molar-refractivity contribution < 1.29 is 23.5 Å². The van der Waals surface area contributed by atoms with E-state index in [1.165, 1.54) is 25.3 Å². The molecule has 0 aliphatic heterocycles. The van der Waals surface area contributed by atoms with E-state index in [0.717, 1.165) is 6.07 Å². The van der Waals surface area contributed by atoms with Crippen LogP contribution in [0, 0.1) is 12.7 Å². The first kappa shape index (κ1) is 16.7. The maximum absolute atomic E-state index is 13.4. The highest BCUT2D eigenvalue weighted by Crippen LogP contribution is 2.19. The minimum atomic E-state index is -1.45. The lowest BCUT2D eigenvalue weighted by Crippen LogP contribution is -2.43. The molecule has 0 aliphatic carbocycles. The van der Waals surface area contributed by atoms with Gasteiger partial charge in [0.15, 0.2) is 0 Å². The Morgan fingerprint density at radius 2 is 2.04 bits per heavy atom. The van der Waals surface area contributed by atoms with Gasteiger partial charge in [0.2, 0.25) is 0 Å². The number of aryl methyl sites for hydroxylation is 1. The molecule has 0 bridgehead atoms. The minimum Gasteiger partial charge on any atom is -0.466 e. The predicted molar refractivity (Wildman–Crippen MR) is 81.1 cm³/mol. The number of carbonyl (C=O) groups is 2. The first-order valence-corrected chi connectivity index (χ1v) is 6.91. The Labute approximate surface area is 132 Å². The Morgan fingerprint density at radius 1 is 1.30 bits per heavy atom. The molecule has 3 N–H and O–H groups in total. The van der Waals surface area contributed by atoms with Crippen molar-refractivity contribution in [3.05, 3.63) is 53.7 Å². The fraction of sp³-hybridized carbons (Fsp3) is 0.250. The molecular weight excluding hydrogens is 303 g/mol. The van der Waals surface area contributed by atoms with Crippen molar-refractivity contribution in [3.8, 4) is 0 Å². The van der Waals surface area contributed by atoms with Crippen LogP contribution in [0.25, 0.3) is 0 Å². The second-order valence-corrected chi connectivity index (χ2v) is 5.35. The number of halogens is 1. The van der Waals surface area contributed by atoms with Crippen molar-refractivity contribution in [3.63, 3.8) is 0 Å². The summed E-state index contributed by atoms with van der Waals surface area (Å²) < 4.78 is 18.5. The third kappa shape index (κ3) is 4.17. The average molecular weight is 320 g/mol. The van der Waals surface area contributed by atoms with E-state index in [9.17, 15) is 19.1 Å². The summed E-state index contributed by atoms with van der Waals surface area (Å²) in [5, 5.41) is 14.8. The number of hydrogen-bond acceptors (Lipinski definition) is 4. The van der Waals surface area contributed by atoms with Gasteiger partial charge in [-0.05, 0) is 43.7 Å². The van der Waals surface area contributed by atoms with E-state index in [2.05, 4.69) is 10.6 Å². The van der Waals surface area contributed by atoms with Gasteiger partial charge in [0.05, 0.1) is 12.8 Å². The molecule has 122 valence electrons. The first-order valence-electron chi connectivity index (χ1n) is 6.91. The van der Waals surface area contributed by atoms with Crippen molar-refractivity contribution in [1.82, 2.24) is 5.32 Å². The van der Waals surface area contributed by atoms with E-state index < -0.39 is 23.2 Å². The number of furan rings is 1. The Balaban J connectivity index is 1.92. The lowest BCUT2D eigenvalue weighted by atomic mass is 10.0. The van der Waals surface area contributed by atoms with Gasteiger partial charge in [0.25, 0.3) is 0 Å². The summed E-state index contributed by atoms with van der Waals surface area (Å²) in [4.78, 5) is 23.5. The highest BCUT2D eigenvalue weighted by atomic mass is 19.1. The van der Waals surface area contributed by atoms with E-state index in [1.807, 2.05) is 0 Å². The van der Waals surface area contributed by atoms with Crippen LogP contribution in [0.2, 0.25) is 0 Å². The molecule has 0 saturated carbocycles. The zero-order valence-corrected chi connectivity index (χ0v) is 12.7. The molecule has 1 aromatic heterocycles. The summed E-state index contributed by atoms with van der Waals surface area (Å²) in [5.74, 6) is -2.12. The van der Waals surface area contributed by atoms with Crippen LogP contribution in [0.3, 0.4) is 0 Å². The Kier molecular flexibility index (Phi) is 4.80. The Bertz CT molecular complexity index is 711. The number of rotatable bonds is 4. The van der Waals surface area contributed by atoms with Gasteiger partial charge in [-0.1, -0.05) is 6.07 Å². The topological polar surface area (TPSA) is 91.6 Å². The molecular formula is C16H17FN2O4. The molecule has 1 heterocycles. The van der Waals surface area contributed by atoms with Crippen molar-refractivity contribution in [2.24, 2.45) is 0 Å². The van der Waals surface area contributed by atoms with Crippen LogP contribution in [-0.2, 0) is 15.2 Å². The molecule has 0 unspecified atom stereocenters. The van der Waals surface area contributed by atoms with Gasteiger partial charge < -0.3 is 20.2 Å². The van der Waals surface area contributed by atoms with Gasteiger partial charge in [-0.3, -0.25) is 9.59 Å². The number of anilines is 1. The van der Waals surface area contributed by atoms with Crippen LogP contribution in [0.4, 0.5) is 10.1 Å². The second kappa shape index (κ2) is 6.62. The molecule has 7 heteroatoms. The summed E-state index contributed by atoms with van der Waals surface area (Å²) in [7, 11) is 0. The number of carbonyl (C=O) groups excluding carboxylic acids is 2. The number of hydrogen-bond donors (Lipinski definition) is 3. The van der Waals surface area contributed by atoms with Gasteiger partial charge in [0, 0.05) is 5.69 Å². The average Bonchev–Trinajstić information content (AvgIpc) is 3.04. The summed E-state index contributed by atoms with van der Waals surface area (Å²) >= 11 is 0. The second-order valence-electron chi connectivity index (χ2n) is 5.35. The highest BCUT2D eigenvalue weighted by molar-refractivity contribution is 6.39. The molecule has 0 aliphatic rings. The van der Waals surface area contributed by atoms with Gasteiger partial charge in [-0.25, -0.2) is 4.39 Å². The standard InChI is InChI=1S/C16H17FN2O4/c1-10-5-6-11(8-12(10)17)19-15(21)14(20)18-9-16(2,22)13-4-3-7-23-13/h3-8,22H,9H2,1-2H3,(H,18,20)(H,19,21)/t16-/m1/s1. The van der Waals surface area contributed by atoms with E-state index in [0.29, 0.717) is 5.56 Å². The molecule has 23 heavy (non-hydrogen) atoms. The summed E-state index contributed by atoms with van der Waals surface area (Å²) in [6, 6.07) is 7.26. The van der Waals surface area contributed by atoms with Gasteiger partial charge >= 0.3 is 11.8 Å². The van der Waals surface area contributed by atoms with E-state index in [4.69, 9.17) is 4.42 Å². The summed E-state index contributed by atoms with van der Waals surface area (Å²) in [6.45, 7) is 2.82. The zero-order valence-electron chi connectivity index (χ0n) is 12.7. The maximum atomic E-state index is 13.4. The third-order valence-corrected chi connectivity index (χ3v) is 3.28. The molecule has 2 rings (SSSR count). The number of amides is 2. The number of aliphatic hydroxyl groups is 1.